The summed E-state index contributed by atoms with van der Waals surface area (Å²) in [5.74, 6) is -0.478. The lowest BCUT2D eigenvalue weighted by Gasteiger charge is -2.35. The van der Waals surface area contributed by atoms with E-state index in [-0.39, 0.29) is 44.5 Å². The Morgan fingerprint density at radius 3 is 2.32 bits per heavy atom. The number of nitrogens with zero attached hydrogens (tertiary/aromatic N) is 3. The van der Waals surface area contributed by atoms with Crippen molar-refractivity contribution in [2.45, 2.75) is 44.9 Å². The molecule has 3 aliphatic rings. The molecule has 0 radical (unpaired) electrons. The summed E-state index contributed by atoms with van der Waals surface area (Å²) in [7, 11) is 0. The minimum atomic E-state index is -4.27. The molecule has 0 unspecified atom stereocenters. The van der Waals surface area contributed by atoms with E-state index in [4.69, 9.17) is 4.74 Å². The topological polar surface area (TPSA) is 82.2 Å². The molecule has 2 aromatic rings. The zero-order chi connectivity index (χ0) is 26.2. The molecule has 37 heavy (non-hydrogen) atoms. The Balaban J connectivity index is 1.17. The Morgan fingerprint density at radius 1 is 0.946 bits per heavy atom. The number of piperazine rings is 1. The Morgan fingerprint density at radius 2 is 1.65 bits per heavy atom. The third kappa shape index (κ3) is 5.47. The molecule has 0 spiro atoms. The number of alkyl halides is 3. The van der Waals surface area contributed by atoms with Gasteiger partial charge < -0.3 is 9.64 Å². The zero-order valence-corrected chi connectivity index (χ0v) is 20.1. The Labute approximate surface area is 212 Å². The molecule has 0 bridgehead atoms. The fraction of sp³-hybridized carbons (Fsp3) is 0.423. The number of rotatable bonds is 6. The Bertz CT molecular complexity index is 1190. The van der Waals surface area contributed by atoms with Crippen LogP contribution in [0.15, 0.2) is 42.5 Å². The first-order valence-corrected chi connectivity index (χ1v) is 12.2. The highest BCUT2D eigenvalue weighted by Crippen LogP contribution is 2.34. The predicted molar refractivity (Wildman–Crippen MR) is 126 cm³/mol. The van der Waals surface area contributed by atoms with E-state index in [0.29, 0.717) is 47.8 Å². The van der Waals surface area contributed by atoms with Crippen molar-refractivity contribution < 1.29 is 32.3 Å². The van der Waals surface area contributed by atoms with Crippen LogP contribution in [0.5, 0.6) is 5.75 Å². The lowest BCUT2D eigenvalue weighted by Crippen LogP contribution is -2.52. The number of halogens is 3. The van der Waals surface area contributed by atoms with Crippen LogP contribution in [-0.2, 0) is 29.3 Å². The van der Waals surface area contributed by atoms with Gasteiger partial charge >= 0.3 is 6.30 Å². The fourth-order valence-electron chi connectivity index (χ4n) is 5.01. The van der Waals surface area contributed by atoms with Crippen LogP contribution in [0.2, 0.25) is 0 Å². The first-order chi connectivity index (χ1) is 17.7. The second-order valence-corrected chi connectivity index (χ2v) is 9.52. The molecule has 196 valence electrons. The van der Waals surface area contributed by atoms with Gasteiger partial charge in [0, 0.05) is 50.3 Å². The number of carbonyl (C=O) groups is 3. The Kier molecular flexibility index (Phi) is 6.91. The zero-order valence-electron chi connectivity index (χ0n) is 20.1. The van der Waals surface area contributed by atoms with E-state index in [1.807, 2.05) is 29.2 Å². The number of carbonyl (C=O) groups excluding carboxylic acids is 3. The number of benzene rings is 2. The third-order valence-corrected chi connectivity index (χ3v) is 7.09. The number of fused-ring (bicyclic) bond motifs is 1. The molecule has 3 amide bonds. The van der Waals surface area contributed by atoms with Crippen molar-refractivity contribution in [3.63, 3.8) is 0 Å². The van der Waals surface area contributed by atoms with Crippen molar-refractivity contribution in [2.75, 3.05) is 26.2 Å². The summed E-state index contributed by atoms with van der Waals surface area (Å²) >= 11 is 0. The van der Waals surface area contributed by atoms with Gasteiger partial charge in [-0.25, -0.2) is 4.90 Å². The highest BCUT2D eigenvalue weighted by Gasteiger charge is 2.40. The molecule has 2 saturated heterocycles. The summed E-state index contributed by atoms with van der Waals surface area (Å²) in [6.07, 6.45) is -3.78. The summed E-state index contributed by atoms with van der Waals surface area (Å²) in [6, 6.07) is 12.3. The normalized spacial score (nSPS) is 21.2. The average molecular weight is 517 g/mol. The first-order valence-electron chi connectivity index (χ1n) is 12.2. The minimum absolute atomic E-state index is 0.0275. The van der Waals surface area contributed by atoms with Crippen LogP contribution in [0.1, 0.15) is 39.9 Å². The number of amides is 3. The summed E-state index contributed by atoms with van der Waals surface area (Å²) in [6.45, 7) is 1.75. The van der Waals surface area contributed by atoms with E-state index in [1.54, 1.807) is 18.2 Å². The van der Waals surface area contributed by atoms with Crippen LogP contribution >= 0.6 is 0 Å². The van der Waals surface area contributed by atoms with Gasteiger partial charge in [-0.1, -0.05) is 30.3 Å². The molecule has 2 aromatic carbocycles. The van der Waals surface area contributed by atoms with Gasteiger partial charge in [0.2, 0.25) is 11.8 Å². The fourth-order valence-corrected chi connectivity index (χ4v) is 5.01. The van der Waals surface area contributed by atoms with Crippen LogP contribution in [0.25, 0.3) is 0 Å². The van der Waals surface area contributed by atoms with Gasteiger partial charge in [0.1, 0.15) is 18.4 Å². The lowest BCUT2D eigenvalue weighted by molar-refractivity contribution is -0.252. The van der Waals surface area contributed by atoms with Gasteiger partial charge in [-0.15, -0.1) is 0 Å². The van der Waals surface area contributed by atoms with Crippen LogP contribution in [0, 0.1) is 0 Å². The van der Waals surface area contributed by atoms with Crippen LogP contribution in [0.4, 0.5) is 13.2 Å². The van der Waals surface area contributed by atoms with Gasteiger partial charge in [-0.3, -0.25) is 24.6 Å². The second-order valence-electron chi connectivity index (χ2n) is 9.52. The van der Waals surface area contributed by atoms with E-state index >= 15 is 0 Å². The van der Waals surface area contributed by atoms with Crippen LogP contribution < -0.4 is 10.1 Å². The van der Waals surface area contributed by atoms with Crippen molar-refractivity contribution in [3.8, 4) is 5.75 Å². The lowest BCUT2D eigenvalue weighted by atomic mass is 10.0. The van der Waals surface area contributed by atoms with Gasteiger partial charge in [0.15, 0.2) is 0 Å². The van der Waals surface area contributed by atoms with Gasteiger partial charge in [-0.2, -0.15) is 13.2 Å². The number of nitrogens with one attached hydrogen (secondary N) is 1. The van der Waals surface area contributed by atoms with E-state index in [9.17, 15) is 27.6 Å². The van der Waals surface area contributed by atoms with Crippen LogP contribution in [0.3, 0.4) is 0 Å². The predicted octanol–water partition coefficient (Wildman–Crippen LogP) is 2.66. The number of piperidine rings is 1. The molecule has 2 fully saturated rings. The SMILES string of the molecule is O=C1CC[C@H](N2Cc3c(OCc4ccc(CN5CCN(C(F)(F)F)CC5)cc4)cccc3C2=O)C(=O)N1. The molecular weight excluding hydrogens is 489 g/mol. The van der Waals surface area contributed by atoms with Crippen molar-refractivity contribution in [3.05, 3.63) is 64.7 Å². The quantitative estimate of drug-likeness (QED) is 0.470. The summed E-state index contributed by atoms with van der Waals surface area (Å²) in [4.78, 5) is 40.8. The molecule has 0 saturated carbocycles. The molecule has 0 aromatic heterocycles. The largest absolute Gasteiger partial charge is 0.489 e. The number of ether oxygens (including phenoxy) is 1. The van der Waals surface area contributed by atoms with E-state index in [0.717, 1.165) is 11.1 Å². The van der Waals surface area contributed by atoms with E-state index in [1.165, 1.54) is 4.90 Å². The molecule has 8 nitrogen and oxygen atoms in total. The highest BCUT2D eigenvalue weighted by atomic mass is 19.4. The number of imide groups is 1. The average Bonchev–Trinajstić information content (AvgIpc) is 3.20. The third-order valence-electron chi connectivity index (χ3n) is 7.09. The maximum absolute atomic E-state index is 13.0. The Hall–Kier alpha value is -3.44. The van der Waals surface area contributed by atoms with Crippen molar-refractivity contribution in [1.82, 2.24) is 20.0 Å². The van der Waals surface area contributed by atoms with Crippen molar-refractivity contribution >= 4 is 17.7 Å². The smallest absolute Gasteiger partial charge is 0.460 e. The molecular formula is C26H27F3N4O4. The molecule has 1 atom stereocenters. The molecule has 0 aliphatic carbocycles. The van der Waals surface area contributed by atoms with Crippen LogP contribution in [-0.4, -0.2) is 70.9 Å². The summed E-state index contributed by atoms with van der Waals surface area (Å²) in [5, 5.41) is 2.30. The van der Waals surface area contributed by atoms with E-state index in [2.05, 4.69) is 5.32 Å². The standard InChI is InChI=1S/C26H27F3N4O4/c27-26(28,29)32-12-10-31(11-13-32)14-17-4-6-18(7-5-17)16-37-22-3-1-2-19-20(22)15-33(25(19)36)21-8-9-23(34)30-24(21)35/h1-7,21H,8-16H2,(H,30,34,35)/t21-/m0/s1. The van der Waals surface area contributed by atoms with Gasteiger partial charge in [0.25, 0.3) is 5.91 Å². The number of hydrogen-bond acceptors (Lipinski definition) is 6. The molecule has 11 heteroatoms. The van der Waals surface area contributed by atoms with Crippen molar-refractivity contribution in [2.24, 2.45) is 0 Å². The highest BCUT2D eigenvalue weighted by molar-refractivity contribution is 6.05. The molecule has 3 aliphatic heterocycles. The minimum Gasteiger partial charge on any atom is -0.489 e. The van der Waals surface area contributed by atoms with E-state index < -0.39 is 18.2 Å². The summed E-state index contributed by atoms with van der Waals surface area (Å²) < 4.78 is 44.5. The molecule has 3 heterocycles. The molecule has 1 N–H and O–H groups in total. The summed E-state index contributed by atoms with van der Waals surface area (Å²) in [5.41, 5.74) is 3.12. The maximum Gasteiger partial charge on any atom is 0.460 e. The first kappa shape index (κ1) is 25.2. The van der Waals surface area contributed by atoms with Crippen molar-refractivity contribution in [1.29, 1.82) is 0 Å². The maximum atomic E-state index is 13.0. The van der Waals surface area contributed by atoms with Gasteiger partial charge in [-0.05, 0) is 29.7 Å². The molecule has 5 rings (SSSR count). The second kappa shape index (κ2) is 10.1. The number of hydrogen-bond donors (Lipinski definition) is 1. The monoisotopic (exact) mass is 516 g/mol. The van der Waals surface area contributed by atoms with Gasteiger partial charge in [0.05, 0.1) is 6.54 Å².